The van der Waals surface area contributed by atoms with Crippen LogP contribution in [-0.2, 0) is 38.3 Å². The molecule has 0 aromatic heterocycles. The monoisotopic (exact) mass is 606 g/mol. The molecular formula is C39H42O6. The van der Waals surface area contributed by atoms with Crippen LogP contribution in [0.25, 0.3) is 33.0 Å². The maximum atomic E-state index is 11.9. The Morgan fingerprint density at radius 2 is 1.09 bits per heavy atom. The number of aliphatic hydroxyl groups is 2. The Labute approximate surface area is 265 Å². The van der Waals surface area contributed by atoms with Gasteiger partial charge in [-0.2, -0.15) is 0 Å². The predicted octanol–water partition coefficient (Wildman–Crippen LogP) is 7.17. The molecule has 0 aliphatic carbocycles. The van der Waals surface area contributed by atoms with Crippen LogP contribution in [0, 0.1) is 0 Å². The summed E-state index contributed by atoms with van der Waals surface area (Å²) in [4.78, 5) is 23.9. The zero-order valence-corrected chi connectivity index (χ0v) is 26.0. The van der Waals surface area contributed by atoms with E-state index < -0.39 is 25.2 Å². The van der Waals surface area contributed by atoms with Gasteiger partial charge in [0.15, 0.2) is 0 Å². The standard InChI is InChI=1S/C39H42O6/c1-4-5-6-7-29-8-9-36-24-35(15-14-34(36)21-29)32-10-12-33(13-11-32)37-22-30(16-18-44-38(42)27(2)25-40)20-31(23-37)17-19-45-39(43)28(3)26-41/h8-15,20-24,40-41H,2-7,16-19,25-26H2,1H3. The first-order valence-corrected chi connectivity index (χ1v) is 15.5. The zero-order chi connectivity index (χ0) is 32.2. The van der Waals surface area contributed by atoms with E-state index in [1.54, 1.807) is 0 Å². The van der Waals surface area contributed by atoms with E-state index in [1.807, 2.05) is 6.07 Å². The molecule has 0 bridgehead atoms. The molecule has 0 aliphatic heterocycles. The second-order valence-corrected chi connectivity index (χ2v) is 11.3. The lowest BCUT2D eigenvalue weighted by Gasteiger charge is -2.12. The zero-order valence-electron chi connectivity index (χ0n) is 26.0. The summed E-state index contributed by atoms with van der Waals surface area (Å²) in [6.07, 6.45) is 5.74. The highest BCUT2D eigenvalue weighted by Gasteiger charge is 2.11. The largest absolute Gasteiger partial charge is 0.462 e. The van der Waals surface area contributed by atoms with Crippen molar-refractivity contribution in [3.05, 3.63) is 120 Å². The molecule has 0 amide bonds. The third-order valence-corrected chi connectivity index (χ3v) is 7.78. The number of carbonyl (C=O) groups is 2. The van der Waals surface area contributed by atoms with Gasteiger partial charge in [-0.05, 0) is 68.6 Å². The second kappa shape index (κ2) is 16.5. The van der Waals surface area contributed by atoms with Crippen molar-refractivity contribution < 1.29 is 29.3 Å². The maximum Gasteiger partial charge on any atom is 0.335 e. The van der Waals surface area contributed by atoms with E-state index in [4.69, 9.17) is 19.7 Å². The number of aryl methyl sites for hydroxylation is 1. The van der Waals surface area contributed by atoms with Crippen LogP contribution in [0.2, 0.25) is 0 Å². The molecule has 234 valence electrons. The van der Waals surface area contributed by atoms with Gasteiger partial charge in [0, 0.05) is 12.8 Å². The van der Waals surface area contributed by atoms with Gasteiger partial charge in [-0.1, -0.05) is 106 Å². The smallest absolute Gasteiger partial charge is 0.335 e. The van der Waals surface area contributed by atoms with Crippen molar-refractivity contribution in [3.8, 4) is 22.3 Å². The Kier molecular flexibility index (Phi) is 12.3. The first kappa shape index (κ1) is 33.4. The number of esters is 2. The highest BCUT2D eigenvalue weighted by Crippen LogP contribution is 2.29. The van der Waals surface area contributed by atoms with Crippen molar-refractivity contribution in [2.24, 2.45) is 0 Å². The van der Waals surface area contributed by atoms with Crippen LogP contribution < -0.4 is 0 Å². The van der Waals surface area contributed by atoms with Crippen molar-refractivity contribution in [3.63, 3.8) is 0 Å². The van der Waals surface area contributed by atoms with Gasteiger partial charge < -0.3 is 19.7 Å². The summed E-state index contributed by atoms with van der Waals surface area (Å²) in [7, 11) is 0. The van der Waals surface area contributed by atoms with E-state index in [0.29, 0.717) is 12.8 Å². The summed E-state index contributed by atoms with van der Waals surface area (Å²) < 4.78 is 10.5. The van der Waals surface area contributed by atoms with Crippen LogP contribution in [0.5, 0.6) is 0 Å². The number of rotatable bonds is 16. The molecule has 0 aliphatic rings. The topological polar surface area (TPSA) is 93.1 Å². The number of fused-ring (bicyclic) bond motifs is 1. The fourth-order valence-electron chi connectivity index (χ4n) is 5.14. The number of ether oxygens (including phenoxy) is 2. The lowest BCUT2D eigenvalue weighted by molar-refractivity contribution is -0.140. The molecule has 0 saturated heterocycles. The molecule has 4 aromatic carbocycles. The normalized spacial score (nSPS) is 10.9. The summed E-state index contributed by atoms with van der Waals surface area (Å²) in [5.74, 6) is -1.25. The minimum atomic E-state index is -0.624. The fourth-order valence-corrected chi connectivity index (χ4v) is 5.14. The first-order valence-electron chi connectivity index (χ1n) is 15.5. The summed E-state index contributed by atoms with van der Waals surface area (Å²) in [6, 6.07) is 27.9. The summed E-state index contributed by atoms with van der Waals surface area (Å²) in [5.41, 5.74) is 7.58. The second-order valence-electron chi connectivity index (χ2n) is 11.3. The number of aliphatic hydroxyl groups excluding tert-OH is 2. The average Bonchev–Trinajstić information content (AvgIpc) is 3.07. The lowest BCUT2D eigenvalue weighted by Crippen LogP contribution is -2.13. The van der Waals surface area contributed by atoms with Crippen molar-refractivity contribution in [1.29, 1.82) is 0 Å². The van der Waals surface area contributed by atoms with Crippen molar-refractivity contribution in [2.75, 3.05) is 26.4 Å². The molecule has 2 N–H and O–H groups in total. The average molecular weight is 607 g/mol. The molecule has 0 fully saturated rings. The Morgan fingerprint density at radius 3 is 1.64 bits per heavy atom. The van der Waals surface area contributed by atoms with Crippen LogP contribution in [0.1, 0.15) is 42.9 Å². The van der Waals surface area contributed by atoms with Gasteiger partial charge in [0.05, 0.1) is 37.6 Å². The number of unbranched alkanes of at least 4 members (excludes halogenated alkanes) is 2. The van der Waals surface area contributed by atoms with Gasteiger partial charge in [-0.3, -0.25) is 0 Å². The van der Waals surface area contributed by atoms with Gasteiger partial charge in [0.25, 0.3) is 0 Å². The molecule has 0 heterocycles. The number of hydrogen-bond acceptors (Lipinski definition) is 6. The number of benzene rings is 4. The molecule has 0 radical (unpaired) electrons. The van der Waals surface area contributed by atoms with E-state index >= 15 is 0 Å². The van der Waals surface area contributed by atoms with Crippen LogP contribution in [0.15, 0.2) is 103 Å². The van der Waals surface area contributed by atoms with Gasteiger partial charge in [-0.25, -0.2) is 9.59 Å². The molecule has 4 aromatic rings. The predicted molar refractivity (Wildman–Crippen MR) is 180 cm³/mol. The molecule has 45 heavy (non-hydrogen) atoms. The van der Waals surface area contributed by atoms with Crippen molar-refractivity contribution >= 4 is 22.7 Å². The molecule has 4 rings (SSSR count). The Morgan fingerprint density at radius 1 is 0.578 bits per heavy atom. The summed E-state index contributed by atoms with van der Waals surface area (Å²) >= 11 is 0. The molecule has 0 atom stereocenters. The Balaban J connectivity index is 1.52. The maximum absolute atomic E-state index is 11.9. The summed E-state index contributed by atoms with van der Waals surface area (Å²) in [6.45, 7) is 8.60. The van der Waals surface area contributed by atoms with E-state index in [0.717, 1.165) is 39.8 Å². The van der Waals surface area contributed by atoms with Gasteiger partial charge >= 0.3 is 11.9 Å². The quantitative estimate of drug-likeness (QED) is 0.0798. The minimum absolute atomic E-state index is 0.00869. The Hall–Kier alpha value is -4.52. The number of carbonyl (C=O) groups excluding carboxylic acids is 2. The number of hydrogen-bond donors (Lipinski definition) is 2. The SMILES string of the molecule is C=C(CO)C(=O)OCCc1cc(CCOC(=O)C(=C)CO)cc(-c2ccc(-c3ccc4cc(CCCCC)ccc4c3)cc2)c1. The van der Waals surface area contributed by atoms with Crippen molar-refractivity contribution in [1.82, 2.24) is 0 Å². The van der Waals surface area contributed by atoms with Gasteiger partial charge in [0.1, 0.15) is 0 Å². The van der Waals surface area contributed by atoms with Crippen LogP contribution in [-0.4, -0.2) is 48.6 Å². The minimum Gasteiger partial charge on any atom is -0.462 e. The first-order chi connectivity index (χ1) is 21.8. The van der Waals surface area contributed by atoms with Crippen LogP contribution >= 0.6 is 0 Å². The molecule has 6 nitrogen and oxygen atoms in total. The molecule has 0 unspecified atom stereocenters. The van der Waals surface area contributed by atoms with Gasteiger partial charge in [0.2, 0.25) is 0 Å². The van der Waals surface area contributed by atoms with E-state index in [-0.39, 0.29) is 24.4 Å². The van der Waals surface area contributed by atoms with Gasteiger partial charge in [-0.15, -0.1) is 0 Å². The molecular weight excluding hydrogens is 564 g/mol. The molecule has 6 heteroatoms. The third-order valence-electron chi connectivity index (χ3n) is 7.78. The van der Waals surface area contributed by atoms with Crippen LogP contribution in [0.4, 0.5) is 0 Å². The van der Waals surface area contributed by atoms with E-state index in [1.165, 1.54) is 35.6 Å². The van der Waals surface area contributed by atoms with Crippen molar-refractivity contribution in [2.45, 2.75) is 45.4 Å². The van der Waals surface area contributed by atoms with Crippen LogP contribution in [0.3, 0.4) is 0 Å². The third kappa shape index (κ3) is 9.48. The van der Waals surface area contributed by atoms with E-state index in [2.05, 4.69) is 92.9 Å². The lowest BCUT2D eigenvalue weighted by atomic mass is 9.95. The summed E-state index contributed by atoms with van der Waals surface area (Å²) in [5, 5.41) is 20.7. The van der Waals surface area contributed by atoms with E-state index in [9.17, 15) is 9.59 Å². The highest BCUT2D eigenvalue weighted by atomic mass is 16.5. The fraction of sp³-hybridized carbons (Fsp3) is 0.282. The Bertz CT molecular complexity index is 1600. The molecule has 0 saturated carbocycles. The molecule has 0 spiro atoms. The highest BCUT2D eigenvalue weighted by molar-refractivity contribution is 5.89.